The lowest BCUT2D eigenvalue weighted by Crippen LogP contribution is -2.37. The summed E-state index contributed by atoms with van der Waals surface area (Å²) in [5.41, 5.74) is 2.10. The number of aromatic nitrogens is 1. The van der Waals surface area contributed by atoms with E-state index < -0.39 is 0 Å². The van der Waals surface area contributed by atoms with Crippen LogP contribution in [0.3, 0.4) is 0 Å². The number of hydrogen-bond donors (Lipinski definition) is 1. The van der Waals surface area contributed by atoms with Gasteiger partial charge in [0.1, 0.15) is 0 Å². The predicted octanol–water partition coefficient (Wildman–Crippen LogP) is 3.46. The zero-order valence-electron chi connectivity index (χ0n) is 11.1. The number of fused-ring (bicyclic) bond motifs is 1. The van der Waals surface area contributed by atoms with E-state index in [2.05, 4.69) is 22.6 Å². The molecule has 1 saturated heterocycles. The van der Waals surface area contributed by atoms with Crippen molar-refractivity contribution in [2.75, 3.05) is 6.54 Å². The van der Waals surface area contributed by atoms with Crippen molar-refractivity contribution in [2.45, 2.75) is 44.1 Å². The van der Waals surface area contributed by atoms with Gasteiger partial charge in [0.2, 0.25) is 0 Å². The van der Waals surface area contributed by atoms with Gasteiger partial charge in [-0.2, -0.15) is 0 Å². The van der Waals surface area contributed by atoms with Gasteiger partial charge in [0.05, 0.1) is 5.69 Å². The van der Waals surface area contributed by atoms with E-state index in [9.17, 15) is 0 Å². The summed E-state index contributed by atoms with van der Waals surface area (Å²) in [7, 11) is 0. The normalized spacial score (nSPS) is 27.8. The smallest absolute Gasteiger partial charge is 0.167 e. The molecular weight excluding hydrogens is 236 g/mol. The highest BCUT2D eigenvalue weighted by Crippen LogP contribution is 2.38. The van der Waals surface area contributed by atoms with Crippen molar-refractivity contribution in [2.24, 2.45) is 5.92 Å². The molecule has 1 aromatic heterocycles. The van der Waals surface area contributed by atoms with E-state index in [1.165, 1.54) is 43.2 Å². The number of benzene rings is 1. The van der Waals surface area contributed by atoms with Crippen molar-refractivity contribution in [3.05, 3.63) is 30.0 Å². The van der Waals surface area contributed by atoms with Gasteiger partial charge in [-0.15, -0.1) is 0 Å². The lowest BCUT2D eigenvalue weighted by Gasteiger charge is -2.29. The van der Waals surface area contributed by atoms with Gasteiger partial charge in [-0.05, 0) is 43.9 Å². The molecule has 0 amide bonds. The molecule has 0 bridgehead atoms. The lowest BCUT2D eigenvalue weighted by atomic mass is 9.86. The Hall–Kier alpha value is -1.35. The van der Waals surface area contributed by atoms with Gasteiger partial charge < -0.3 is 9.84 Å². The molecule has 100 valence electrons. The van der Waals surface area contributed by atoms with Crippen LogP contribution in [0, 0.1) is 5.92 Å². The minimum Gasteiger partial charge on any atom is -0.356 e. The Morgan fingerprint density at radius 3 is 3.00 bits per heavy atom. The van der Waals surface area contributed by atoms with Crippen LogP contribution in [-0.4, -0.2) is 17.7 Å². The average Bonchev–Trinajstić information content (AvgIpc) is 3.16. The highest BCUT2D eigenvalue weighted by molar-refractivity contribution is 5.79. The molecule has 2 aromatic rings. The van der Waals surface area contributed by atoms with Crippen molar-refractivity contribution in [3.8, 4) is 0 Å². The summed E-state index contributed by atoms with van der Waals surface area (Å²) in [4.78, 5) is 0. The molecule has 0 radical (unpaired) electrons. The molecule has 2 heterocycles. The second-order valence-corrected chi connectivity index (χ2v) is 6.12. The first kappa shape index (κ1) is 11.5. The molecule has 19 heavy (non-hydrogen) atoms. The largest absolute Gasteiger partial charge is 0.356 e. The fourth-order valence-corrected chi connectivity index (χ4v) is 3.39. The molecule has 1 aromatic carbocycles. The maximum atomic E-state index is 5.46. The van der Waals surface area contributed by atoms with Crippen LogP contribution >= 0.6 is 0 Å². The van der Waals surface area contributed by atoms with Gasteiger partial charge in [0.25, 0.3) is 0 Å². The van der Waals surface area contributed by atoms with Gasteiger partial charge >= 0.3 is 0 Å². The van der Waals surface area contributed by atoms with Crippen LogP contribution in [0.4, 0.5) is 0 Å². The SMILES string of the molecule is c1ccc2c(C3CCNC(CC4CC4)C3)noc2c1. The van der Waals surface area contributed by atoms with Crippen molar-refractivity contribution >= 4 is 11.0 Å². The first-order chi connectivity index (χ1) is 9.40. The van der Waals surface area contributed by atoms with Crippen molar-refractivity contribution < 1.29 is 4.52 Å². The first-order valence-electron chi connectivity index (χ1n) is 7.48. The topological polar surface area (TPSA) is 38.1 Å². The Bertz CT molecular complexity index is 573. The average molecular weight is 256 g/mol. The summed E-state index contributed by atoms with van der Waals surface area (Å²) in [6, 6.07) is 8.91. The summed E-state index contributed by atoms with van der Waals surface area (Å²) in [6.45, 7) is 1.11. The van der Waals surface area contributed by atoms with Crippen molar-refractivity contribution in [1.82, 2.24) is 10.5 Å². The molecule has 2 fully saturated rings. The summed E-state index contributed by atoms with van der Waals surface area (Å²) >= 11 is 0. The number of nitrogens with one attached hydrogen (secondary N) is 1. The van der Waals surface area contributed by atoms with Crippen LogP contribution in [0.1, 0.15) is 43.7 Å². The number of piperidine rings is 1. The molecule has 2 aliphatic rings. The third-order valence-corrected chi connectivity index (χ3v) is 4.60. The van der Waals surface area contributed by atoms with Gasteiger partial charge in [-0.1, -0.05) is 30.1 Å². The van der Waals surface area contributed by atoms with Crippen LogP contribution in [-0.2, 0) is 0 Å². The minimum atomic E-state index is 0.564. The third kappa shape index (κ3) is 2.27. The molecule has 1 saturated carbocycles. The Labute approximate surface area is 113 Å². The van der Waals surface area contributed by atoms with E-state index in [0.29, 0.717) is 12.0 Å². The van der Waals surface area contributed by atoms with E-state index in [0.717, 1.165) is 18.0 Å². The highest BCUT2D eigenvalue weighted by Gasteiger charge is 2.31. The summed E-state index contributed by atoms with van der Waals surface area (Å²) in [5, 5.41) is 9.23. The second-order valence-electron chi connectivity index (χ2n) is 6.12. The standard InChI is InChI=1S/C16H20N2O/c1-2-4-15-14(3-1)16(18-19-15)12-7-8-17-13(10-12)9-11-5-6-11/h1-4,11-13,17H,5-10H2. The van der Waals surface area contributed by atoms with E-state index in [1.54, 1.807) is 0 Å². The number of para-hydroxylation sites is 1. The zero-order valence-corrected chi connectivity index (χ0v) is 11.1. The maximum absolute atomic E-state index is 5.46. The molecular formula is C16H20N2O. The highest BCUT2D eigenvalue weighted by atomic mass is 16.5. The molecule has 4 rings (SSSR count). The van der Waals surface area contributed by atoms with Crippen LogP contribution in [0.15, 0.2) is 28.8 Å². The fourth-order valence-electron chi connectivity index (χ4n) is 3.39. The predicted molar refractivity (Wildman–Crippen MR) is 75.1 cm³/mol. The molecule has 1 N–H and O–H groups in total. The molecule has 3 heteroatoms. The number of nitrogens with zero attached hydrogens (tertiary/aromatic N) is 1. The van der Waals surface area contributed by atoms with Gasteiger partial charge in [0.15, 0.2) is 5.58 Å². The fraction of sp³-hybridized carbons (Fsp3) is 0.562. The first-order valence-corrected chi connectivity index (χ1v) is 7.48. The Balaban J connectivity index is 1.56. The summed E-state index contributed by atoms with van der Waals surface area (Å²) < 4.78 is 5.46. The number of rotatable bonds is 3. The molecule has 2 atom stereocenters. The molecule has 1 aliphatic heterocycles. The Morgan fingerprint density at radius 1 is 1.21 bits per heavy atom. The van der Waals surface area contributed by atoms with Crippen molar-refractivity contribution in [1.29, 1.82) is 0 Å². The van der Waals surface area contributed by atoms with Crippen molar-refractivity contribution in [3.63, 3.8) is 0 Å². The van der Waals surface area contributed by atoms with E-state index in [4.69, 9.17) is 4.52 Å². The van der Waals surface area contributed by atoms with Crippen LogP contribution in [0.25, 0.3) is 11.0 Å². The number of hydrogen-bond acceptors (Lipinski definition) is 3. The lowest BCUT2D eigenvalue weighted by molar-refractivity contribution is 0.324. The van der Waals surface area contributed by atoms with E-state index >= 15 is 0 Å². The van der Waals surface area contributed by atoms with Crippen LogP contribution in [0.5, 0.6) is 0 Å². The van der Waals surface area contributed by atoms with Gasteiger partial charge in [-0.25, -0.2) is 0 Å². The van der Waals surface area contributed by atoms with E-state index in [1.807, 2.05) is 12.1 Å². The quantitative estimate of drug-likeness (QED) is 0.914. The maximum Gasteiger partial charge on any atom is 0.167 e. The monoisotopic (exact) mass is 256 g/mol. The zero-order chi connectivity index (χ0) is 12.7. The summed E-state index contributed by atoms with van der Waals surface area (Å²) in [6.07, 6.45) is 6.63. The summed E-state index contributed by atoms with van der Waals surface area (Å²) in [5.74, 6) is 1.55. The second kappa shape index (κ2) is 4.64. The van der Waals surface area contributed by atoms with Gasteiger partial charge in [0, 0.05) is 17.3 Å². The molecule has 0 spiro atoms. The van der Waals surface area contributed by atoms with Crippen LogP contribution < -0.4 is 5.32 Å². The minimum absolute atomic E-state index is 0.564. The van der Waals surface area contributed by atoms with E-state index in [-0.39, 0.29) is 0 Å². The Kier molecular flexibility index (Phi) is 2.80. The van der Waals surface area contributed by atoms with Gasteiger partial charge in [-0.3, -0.25) is 0 Å². The molecule has 1 aliphatic carbocycles. The van der Waals surface area contributed by atoms with Crippen LogP contribution in [0.2, 0.25) is 0 Å². The molecule has 2 unspecified atom stereocenters. The third-order valence-electron chi connectivity index (χ3n) is 4.60. The molecule has 3 nitrogen and oxygen atoms in total. The Morgan fingerprint density at radius 2 is 2.11 bits per heavy atom.